The lowest BCUT2D eigenvalue weighted by Gasteiger charge is -2.20. The first kappa shape index (κ1) is 25.6. The van der Waals surface area contributed by atoms with Crippen molar-refractivity contribution in [1.29, 1.82) is 0 Å². The van der Waals surface area contributed by atoms with Crippen molar-refractivity contribution in [2.75, 3.05) is 6.54 Å². The first-order valence-electron chi connectivity index (χ1n) is 11.0. The molecule has 1 amide bonds. The molecular formula is C25H23Cl2N3O3S2. The van der Waals surface area contributed by atoms with Gasteiger partial charge in [0.05, 0.1) is 25.2 Å². The van der Waals surface area contributed by atoms with Crippen molar-refractivity contribution in [3.63, 3.8) is 0 Å². The molecule has 182 valence electrons. The molecule has 3 aromatic carbocycles. The van der Waals surface area contributed by atoms with Gasteiger partial charge in [-0.25, -0.2) is 8.42 Å². The topological polar surface area (TPSA) is 71.7 Å². The summed E-state index contributed by atoms with van der Waals surface area (Å²) in [7, 11) is -3.73. The number of hydrogen-bond acceptors (Lipinski definition) is 4. The summed E-state index contributed by atoms with van der Waals surface area (Å²) in [6.07, 6.45) is 0. The van der Waals surface area contributed by atoms with Gasteiger partial charge in [0, 0.05) is 25.2 Å². The van der Waals surface area contributed by atoms with Gasteiger partial charge in [0.15, 0.2) is 4.80 Å². The van der Waals surface area contributed by atoms with Crippen LogP contribution in [0.25, 0.3) is 10.2 Å². The number of fused-ring (bicyclic) bond motifs is 1. The second-order valence-electron chi connectivity index (χ2n) is 7.69. The summed E-state index contributed by atoms with van der Waals surface area (Å²) in [6, 6.07) is 18.7. The maximum absolute atomic E-state index is 13.2. The van der Waals surface area contributed by atoms with Gasteiger partial charge in [0.1, 0.15) is 0 Å². The second kappa shape index (κ2) is 10.6. The van der Waals surface area contributed by atoms with Crippen LogP contribution < -0.4 is 4.80 Å². The van der Waals surface area contributed by atoms with Crippen LogP contribution in [0.4, 0.5) is 0 Å². The third-order valence-electron chi connectivity index (χ3n) is 5.54. The molecule has 1 heterocycles. The van der Waals surface area contributed by atoms with E-state index in [-0.39, 0.29) is 17.0 Å². The molecule has 0 atom stereocenters. The average Bonchev–Trinajstić information content (AvgIpc) is 3.24. The molecule has 0 spiro atoms. The van der Waals surface area contributed by atoms with Gasteiger partial charge in [-0.05, 0) is 48.9 Å². The van der Waals surface area contributed by atoms with Gasteiger partial charge in [-0.2, -0.15) is 9.30 Å². The molecule has 35 heavy (non-hydrogen) atoms. The van der Waals surface area contributed by atoms with E-state index >= 15 is 0 Å². The lowest BCUT2D eigenvalue weighted by molar-refractivity contribution is 0.0997. The fourth-order valence-corrected chi connectivity index (χ4v) is 6.86. The van der Waals surface area contributed by atoms with Gasteiger partial charge in [0.25, 0.3) is 5.91 Å². The fraction of sp³-hybridized carbons (Fsp3) is 0.200. The largest absolute Gasteiger partial charge is 0.315 e. The van der Waals surface area contributed by atoms with E-state index in [0.29, 0.717) is 27.9 Å². The molecule has 0 aliphatic heterocycles. The number of thiazole rings is 1. The summed E-state index contributed by atoms with van der Waals surface area (Å²) in [4.78, 5) is 17.8. The monoisotopic (exact) mass is 547 g/mol. The summed E-state index contributed by atoms with van der Waals surface area (Å²) >= 11 is 14.0. The van der Waals surface area contributed by atoms with E-state index in [1.165, 1.54) is 39.9 Å². The number of sulfonamides is 1. The van der Waals surface area contributed by atoms with Crippen LogP contribution in [0.1, 0.15) is 29.8 Å². The molecule has 1 aromatic heterocycles. The third kappa shape index (κ3) is 5.22. The maximum atomic E-state index is 13.2. The molecule has 0 unspecified atom stereocenters. The Balaban J connectivity index is 1.64. The van der Waals surface area contributed by atoms with Gasteiger partial charge in [-0.15, -0.1) is 0 Å². The standard InChI is InChI=1S/C25H23Cl2N3O3S2/c1-3-29(16-17-8-6-5-7-9-17)35(32,33)19-12-10-18(11-13-19)24(31)28-25-30(4-2)22-20(26)14-15-21(27)23(22)34-25/h5-15H,3-4,16H2,1-2H3. The number of nitrogens with zero attached hydrogens (tertiary/aromatic N) is 3. The minimum absolute atomic E-state index is 0.121. The van der Waals surface area contributed by atoms with Gasteiger partial charge < -0.3 is 4.57 Å². The fourth-order valence-electron chi connectivity index (χ4n) is 3.71. The van der Waals surface area contributed by atoms with E-state index < -0.39 is 15.9 Å². The molecule has 4 rings (SSSR count). The zero-order valence-electron chi connectivity index (χ0n) is 19.1. The Bertz CT molecular complexity index is 1540. The van der Waals surface area contributed by atoms with Crippen molar-refractivity contribution in [2.24, 2.45) is 4.99 Å². The minimum Gasteiger partial charge on any atom is -0.315 e. The Morgan fingerprint density at radius 2 is 1.63 bits per heavy atom. The van der Waals surface area contributed by atoms with E-state index in [2.05, 4.69) is 4.99 Å². The van der Waals surface area contributed by atoms with Gasteiger partial charge >= 0.3 is 0 Å². The highest BCUT2D eigenvalue weighted by molar-refractivity contribution is 7.89. The number of aryl methyl sites for hydroxylation is 1. The molecule has 0 bridgehead atoms. The number of carbonyl (C=O) groups excluding carboxylic acids is 1. The zero-order valence-corrected chi connectivity index (χ0v) is 22.3. The van der Waals surface area contributed by atoms with Crippen LogP contribution in [0.3, 0.4) is 0 Å². The SMILES string of the molecule is CCN(Cc1ccccc1)S(=O)(=O)c1ccc(C(=O)N=c2sc3c(Cl)ccc(Cl)c3n2CC)cc1. The zero-order chi connectivity index (χ0) is 25.2. The van der Waals surface area contributed by atoms with Crippen LogP contribution >= 0.6 is 34.5 Å². The lowest BCUT2D eigenvalue weighted by atomic mass is 10.2. The van der Waals surface area contributed by atoms with Crippen LogP contribution in [0.5, 0.6) is 0 Å². The Hall–Kier alpha value is -2.49. The van der Waals surface area contributed by atoms with Gasteiger partial charge in [0.2, 0.25) is 10.0 Å². The summed E-state index contributed by atoms with van der Waals surface area (Å²) in [5.41, 5.74) is 1.92. The Kier molecular flexibility index (Phi) is 7.78. The summed E-state index contributed by atoms with van der Waals surface area (Å²) in [5, 5.41) is 1.07. The molecular weight excluding hydrogens is 525 g/mol. The van der Waals surface area contributed by atoms with Crippen LogP contribution in [0.2, 0.25) is 10.0 Å². The number of aromatic nitrogens is 1. The molecule has 0 saturated heterocycles. The van der Waals surface area contributed by atoms with E-state index in [4.69, 9.17) is 23.2 Å². The second-order valence-corrected chi connectivity index (χ2v) is 11.4. The average molecular weight is 549 g/mol. The Labute approximate surface area is 218 Å². The number of rotatable bonds is 7. The number of benzene rings is 3. The quantitative estimate of drug-likeness (QED) is 0.285. The van der Waals surface area contributed by atoms with Crippen molar-refractivity contribution < 1.29 is 13.2 Å². The lowest BCUT2D eigenvalue weighted by Crippen LogP contribution is -2.30. The molecule has 0 saturated carbocycles. The Morgan fingerprint density at radius 3 is 2.26 bits per heavy atom. The normalized spacial score (nSPS) is 12.5. The van der Waals surface area contributed by atoms with Gasteiger partial charge in [-0.3, -0.25) is 4.79 Å². The van der Waals surface area contributed by atoms with Crippen LogP contribution in [0, 0.1) is 0 Å². The first-order valence-corrected chi connectivity index (χ1v) is 14.0. The Morgan fingerprint density at radius 1 is 0.971 bits per heavy atom. The highest BCUT2D eigenvalue weighted by Crippen LogP contribution is 2.32. The van der Waals surface area contributed by atoms with Crippen LogP contribution in [0.15, 0.2) is 76.6 Å². The number of halogens is 2. The number of carbonyl (C=O) groups is 1. The highest BCUT2D eigenvalue weighted by Gasteiger charge is 2.23. The molecule has 0 aliphatic carbocycles. The van der Waals surface area contributed by atoms with E-state index in [1.807, 2.05) is 41.8 Å². The van der Waals surface area contributed by atoms with Crippen molar-refractivity contribution in [3.05, 3.63) is 92.7 Å². The maximum Gasteiger partial charge on any atom is 0.279 e. The summed E-state index contributed by atoms with van der Waals surface area (Å²) < 4.78 is 30.4. The van der Waals surface area contributed by atoms with Crippen molar-refractivity contribution in [2.45, 2.75) is 31.8 Å². The van der Waals surface area contributed by atoms with Crippen LogP contribution in [-0.2, 0) is 23.1 Å². The molecule has 10 heteroatoms. The smallest absolute Gasteiger partial charge is 0.279 e. The van der Waals surface area contributed by atoms with Crippen molar-refractivity contribution in [1.82, 2.24) is 8.87 Å². The third-order valence-corrected chi connectivity index (χ3v) is 9.31. The molecule has 0 N–H and O–H groups in total. The molecule has 6 nitrogen and oxygen atoms in total. The van der Waals surface area contributed by atoms with E-state index in [1.54, 1.807) is 19.1 Å². The predicted molar refractivity (Wildman–Crippen MR) is 142 cm³/mol. The minimum atomic E-state index is -3.73. The number of hydrogen-bond donors (Lipinski definition) is 0. The predicted octanol–water partition coefficient (Wildman–Crippen LogP) is 5.98. The van der Waals surface area contributed by atoms with E-state index in [0.717, 1.165) is 15.8 Å². The summed E-state index contributed by atoms with van der Waals surface area (Å²) in [5.74, 6) is -0.480. The highest BCUT2D eigenvalue weighted by atomic mass is 35.5. The molecule has 0 aliphatic rings. The van der Waals surface area contributed by atoms with Crippen molar-refractivity contribution in [3.8, 4) is 0 Å². The molecule has 0 radical (unpaired) electrons. The molecule has 0 fully saturated rings. The van der Waals surface area contributed by atoms with Gasteiger partial charge in [-0.1, -0.05) is 71.8 Å². The number of amides is 1. The molecule has 4 aromatic rings. The first-order chi connectivity index (χ1) is 16.8. The van der Waals surface area contributed by atoms with E-state index in [9.17, 15) is 13.2 Å². The van der Waals surface area contributed by atoms with Crippen LogP contribution in [-0.4, -0.2) is 29.7 Å². The van der Waals surface area contributed by atoms with Crippen molar-refractivity contribution >= 4 is 60.7 Å². The summed E-state index contributed by atoms with van der Waals surface area (Å²) in [6.45, 7) is 4.87.